The average Bonchev–Trinajstić information content (AvgIpc) is 2.35. The fourth-order valence-electron chi connectivity index (χ4n) is 2.39. The Balaban J connectivity index is 0.00000200. The molecule has 1 aliphatic rings. The Morgan fingerprint density at radius 2 is 2.05 bits per heavy atom. The fourth-order valence-corrected chi connectivity index (χ4v) is 2.39. The van der Waals surface area contributed by atoms with Gasteiger partial charge in [0, 0.05) is 6.54 Å². The zero-order valence-corrected chi connectivity index (χ0v) is 13.1. The number of halogens is 1. The third kappa shape index (κ3) is 3.64. The highest BCUT2D eigenvalue weighted by molar-refractivity contribution is 5.90. The summed E-state index contributed by atoms with van der Waals surface area (Å²) in [7, 11) is 0. The number of nitrogens with zero attached hydrogens (tertiary/aromatic N) is 1. The Morgan fingerprint density at radius 3 is 2.65 bits per heavy atom. The highest BCUT2D eigenvalue weighted by Gasteiger charge is 2.33. The number of ether oxygens (including phenoxy) is 1. The number of amides is 1. The second-order valence-corrected chi connectivity index (χ2v) is 5.91. The van der Waals surface area contributed by atoms with Crippen molar-refractivity contribution in [3.63, 3.8) is 0 Å². The lowest BCUT2D eigenvalue weighted by Gasteiger charge is -2.37. The predicted molar refractivity (Wildman–Crippen MR) is 83.6 cm³/mol. The summed E-state index contributed by atoms with van der Waals surface area (Å²) in [4.78, 5) is 14.1. The van der Waals surface area contributed by atoms with E-state index in [1.165, 1.54) is 5.56 Å². The first kappa shape index (κ1) is 16.8. The summed E-state index contributed by atoms with van der Waals surface area (Å²) >= 11 is 0. The van der Waals surface area contributed by atoms with E-state index in [1.807, 2.05) is 39.0 Å². The van der Waals surface area contributed by atoms with Crippen LogP contribution in [0.1, 0.15) is 32.8 Å². The number of carbonyl (C=O) groups excluding carboxylic acids is 1. The van der Waals surface area contributed by atoms with Crippen molar-refractivity contribution in [2.24, 2.45) is 5.73 Å². The van der Waals surface area contributed by atoms with Gasteiger partial charge >= 0.3 is 6.09 Å². The summed E-state index contributed by atoms with van der Waals surface area (Å²) in [5.41, 5.74) is 7.41. The zero-order chi connectivity index (χ0) is 14.0. The van der Waals surface area contributed by atoms with Crippen molar-refractivity contribution in [1.82, 2.24) is 0 Å². The average molecular weight is 299 g/mol. The molecule has 4 nitrogen and oxygen atoms in total. The molecule has 0 fully saturated rings. The Hall–Kier alpha value is -1.26. The van der Waals surface area contributed by atoms with Gasteiger partial charge in [0.1, 0.15) is 5.60 Å². The van der Waals surface area contributed by atoms with Gasteiger partial charge in [-0.05, 0) is 45.2 Å². The van der Waals surface area contributed by atoms with Gasteiger partial charge in [0.15, 0.2) is 0 Å². The number of carbonyl (C=O) groups is 1. The smallest absolute Gasteiger partial charge is 0.415 e. The van der Waals surface area contributed by atoms with Crippen molar-refractivity contribution >= 4 is 24.2 Å². The first-order chi connectivity index (χ1) is 8.92. The van der Waals surface area contributed by atoms with Gasteiger partial charge in [-0.1, -0.05) is 18.2 Å². The summed E-state index contributed by atoms with van der Waals surface area (Å²) in [5, 5.41) is 0. The molecule has 2 rings (SSSR count). The Labute approximate surface area is 126 Å². The molecule has 2 N–H and O–H groups in total. The number of benzene rings is 1. The minimum atomic E-state index is -0.497. The van der Waals surface area contributed by atoms with Crippen LogP contribution in [0, 0.1) is 0 Å². The normalized spacial score (nSPS) is 18.0. The SMILES string of the molecule is CC(C)(C)OC(=O)N1c2ccccc2CCC1CN.Cl. The van der Waals surface area contributed by atoms with Crippen LogP contribution >= 0.6 is 12.4 Å². The molecule has 0 bridgehead atoms. The molecular formula is C15H23ClN2O2. The number of para-hydroxylation sites is 1. The highest BCUT2D eigenvalue weighted by Crippen LogP contribution is 2.31. The monoisotopic (exact) mass is 298 g/mol. The summed E-state index contributed by atoms with van der Waals surface area (Å²) in [6, 6.07) is 7.97. The van der Waals surface area contributed by atoms with Crippen LogP contribution in [0.3, 0.4) is 0 Å². The molecule has 0 aliphatic carbocycles. The van der Waals surface area contributed by atoms with Gasteiger partial charge in [-0.15, -0.1) is 12.4 Å². The maximum atomic E-state index is 12.4. The van der Waals surface area contributed by atoms with Crippen molar-refractivity contribution in [3.05, 3.63) is 29.8 Å². The van der Waals surface area contributed by atoms with Gasteiger partial charge < -0.3 is 10.5 Å². The zero-order valence-electron chi connectivity index (χ0n) is 12.3. The molecule has 1 amide bonds. The van der Waals surface area contributed by atoms with Crippen LogP contribution < -0.4 is 10.6 Å². The van der Waals surface area contributed by atoms with Crippen molar-refractivity contribution < 1.29 is 9.53 Å². The molecule has 0 spiro atoms. The number of fused-ring (bicyclic) bond motifs is 1. The van der Waals surface area contributed by atoms with E-state index in [0.717, 1.165) is 18.5 Å². The molecule has 20 heavy (non-hydrogen) atoms. The highest BCUT2D eigenvalue weighted by atomic mass is 35.5. The van der Waals surface area contributed by atoms with E-state index in [0.29, 0.717) is 6.54 Å². The van der Waals surface area contributed by atoms with Gasteiger partial charge in [-0.3, -0.25) is 4.90 Å². The van der Waals surface area contributed by atoms with E-state index >= 15 is 0 Å². The number of hydrogen-bond acceptors (Lipinski definition) is 3. The first-order valence-electron chi connectivity index (χ1n) is 6.72. The molecule has 0 radical (unpaired) electrons. The minimum Gasteiger partial charge on any atom is -0.443 e. The van der Waals surface area contributed by atoms with E-state index in [-0.39, 0.29) is 24.5 Å². The number of anilines is 1. The molecule has 1 aromatic carbocycles. The van der Waals surface area contributed by atoms with E-state index < -0.39 is 5.60 Å². The molecule has 0 aromatic heterocycles. The fraction of sp³-hybridized carbons (Fsp3) is 0.533. The Morgan fingerprint density at radius 1 is 1.40 bits per heavy atom. The van der Waals surface area contributed by atoms with Crippen molar-refractivity contribution in [2.75, 3.05) is 11.4 Å². The third-order valence-electron chi connectivity index (χ3n) is 3.23. The number of rotatable bonds is 1. The van der Waals surface area contributed by atoms with Crippen LogP contribution in [0.5, 0.6) is 0 Å². The summed E-state index contributed by atoms with van der Waals surface area (Å²) in [6.07, 6.45) is 1.53. The molecule has 1 atom stereocenters. The second kappa shape index (κ2) is 6.46. The molecule has 112 valence electrons. The number of hydrogen-bond donors (Lipinski definition) is 1. The van der Waals surface area contributed by atoms with E-state index in [4.69, 9.17) is 10.5 Å². The van der Waals surface area contributed by atoms with Gasteiger partial charge in [0.25, 0.3) is 0 Å². The Kier molecular flexibility index (Phi) is 5.42. The van der Waals surface area contributed by atoms with Crippen molar-refractivity contribution in [1.29, 1.82) is 0 Å². The molecule has 0 saturated carbocycles. The number of aryl methyl sites for hydroxylation is 1. The molecular weight excluding hydrogens is 276 g/mol. The maximum Gasteiger partial charge on any atom is 0.415 e. The van der Waals surface area contributed by atoms with Crippen LogP contribution in [0.4, 0.5) is 10.5 Å². The van der Waals surface area contributed by atoms with E-state index in [2.05, 4.69) is 6.07 Å². The molecule has 1 unspecified atom stereocenters. The van der Waals surface area contributed by atoms with Crippen LogP contribution in [0.25, 0.3) is 0 Å². The predicted octanol–water partition coefficient (Wildman–Crippen LogP) is 3.12. The molecule has 1 heterocycles. The topological polar surface area (TPSA) is 55.6 Å². The van der Waals surface area contributed by atoms with Crippen LogP contribution in [-0.2, 0) is 11.2 Å². The lowest BCUT2D eigenvalue weighted by atomic mass is 9.96. The summed E-state index contributed by atoms with van der Waals surface area (Å²) < 4.78 is 5.50. The van der Waals surface area contributed by atoms with Gasteiger partial charge in [-0.2, -0.15) is 0 Å². The quantitative estimate of drug-likeness (QED) is 0.866. The molecule has 5 heteroatoms. The number of nitrogens with two attached hydrogens (primary N) is 1. The lowest BCUT2D eigenvalue weighted by Crippen LogP contribution is -2.49. The van der Waals surface area contributed by atoms with Crippen LogP contribution in [0.2, 0.25) is 0 Å². The van der Waals surface area contributed by atoms with E-state index in [1.54, 1.807) is 4.90 Å². The molecule has 1 aliphatic heterocycles. The van der Waals surface area contributed by atoms with Crippen LogP contribution in [0.15, 0.2) is 24.3 Å². The van der Waals surface area contributed by atoms with Gasteiger partial charge in [-0.25, -0.2) is 4.79 Å². The van der Waals surface area contributed by atoms with Crippen LogP contribution in [-0.4, -0.2) is 24.3 Å². The second-order valence-electron chi connectivity index (χ2n) is 5.91. The van der Waals surface area contributed by atoms with Gasteiger partial charge in [0.2, 0.25) is 0 Å². The van der Waals surface area contributed by atoms with Gasteiger partial charge in [0.05, 0.1) is 11.7 Å². The maximum absolute atomic E-state index is 12.4. The van der Waals surface area contributed by atoms with Crippen molar-refractivity contribution in [3.8, 4) is 0 Å². The first-order valence-corrected chi connectivity index (χ1v) is 6.72. The largest absolute Gasteiger partial charge is 0.443 e. The van der Waals surface area contributed by atoms with Crippen molar-refractivity contribution in [2.45, 2.75) is 45.3 Å². The third-order valence-corrected chi connectivity index (χ3v) is 3.23. The minimum absolute atomic E-state index is 0. The molecule has 1 aromatic rings. The molecule has 0 saturated heterocycles. The summed E-state index contributed by atoms with van der Waals surface area (Å²) in [5.74, 6) is 0. The Bertz CT molecular complexity index is 471. The standard InChI is InChI=1S/C15H22N2O2.ClH/c1-15(2,3)19-14(18)17-12(10-16)9-8-11-6-4-5-7-13(11)17;/h4-7,12H,8-10,16H2,1-3H3;1H. The summed E-state index contributed by atoms with van der Waals surface area (Å²) in [6.45, 7) is 6.07. The van der Waals surface area contributed by atoms with E-state index in [9.17, 15) is 4.79 Å². The lowest BCUT2D eigenvalue weighted by molar-refractivity contribution is 0.0561.